The molecule has 2 aromatic heterocycles. The van der Waals surface area contributed by atoms with Crippen molar-refractivity contribution in [2.45, 2.75) is 109 Å². The molecule has 0 bridgehead atoms. The van der Waals surface area contributed by atoms with Gasteiger partial charge < -0.3 is 19.2 Å². The van der Waals surface area contributed by atoms with E-state index in [9.17, 15) is 19.5 Å². The standard InChI is InChI=1S/C37H49ClN4O6Si/c1-36(2,3)47-35(46)42-29(15-16-30(42)32(27-14-17-31(38)40-22-27)48-49(8,9)37(4,5)6)19-24-10-12-26(13-11-24)33(43)41(7)23-25-18-28(34(44)45)21-39-20-25/h10-14,17-18,20-22,29-30,32H,15-16,19,23H2,1-9H3,(H,44,45)/t29-,30+,32+/m0/s1. The van der Waals surface area contributed by atoms with Crippen molar-refractivity contribution in [2.24, 2.45) is 0 Å². The molecule has 49 heavy (non-hydrogen) atoms. The first-order chi connectivity index (χ1) is 22.8. The molecular weight excluding hydrogens is 660 g/mol. The third kappa shape index (κ3) is 9.67. The van der Waals surface area contributed by atoms with Crippen molar-refractivity contribution in [3.05, 3.63) is 94.0 Å². The van der Waals surface area contributed by atoms with Crippen molar-refractivity contribution in [1.82, 2.24) is 19.8 Å². The Bertz CT molecular complexity index is 1640. The van der Waals surface area contributed by atoms with Crippen LogP contribution in [0.4, 0.5) is 4.79 Å². The lowest BCUT2D eigenvalue weighted by Gasteiger charge is -2.43. The molecule has 10 nitrogen and oxygen atoms in total. The maximum Gasteiger partial charge on any atom is 0.410 e. The normalized spacial score (nSPS) is 17.5. The first kappa shape index (κ1) is 38.0. The molecule has 0 radical (unpaired) electrons. The molecule has 3 atom stereocenters. The van der Waals surface area contributed by atoms with Gasteiger partial charge in [0, 0.05) is 49.4 Å². The number of carboxylic acid groups (broad SMARTS) is 1. The molecule has 1 fully saturated rings. The van der Waals surface area contributed by atoms with Crippen LogP contribution in [0.5, 0.6) is 0 Å². The Morgan fingerprint density at radius 3 is 2.22 bits per heavy atom. The smallest absolute Gasteiger partial charge is 0.410 e. The van der Waals surface area contributed by atoms with Gasteiger partial charge in [0.25, 0.3) is 5.91 Å². The Balaban J connectivity index is 1.58. The number of hydrogen-bond donors (Lipinski definition) is 1. The molecular formula is C37H49ClN4O6Si. The minimum atomic E-state index is -2.30. The molecule has 0 spiro atoms. The second kappa shape index (κ2) is 15.0. The first-order valence-electron chi connectivity index (χ1n) is 16.6. The van der Waals surface area contributed by atoms with E-state index < -0.39 is 26.0 Å². The van der Waals surface area contributed by atoms with E-state index in [4.69, 9.17) is 20.8 Å². The maximum absolute atomic E-state index is 14.0. The fraction of sp³-hybridized carbons (Fsp3) is 0.486. The lowest BCUT2D eigenvalue weighted by atomic mass is 10.0. The van der Waals surface area contributed by atoms with Gasteiger partial charge in [-0.1, -0.05) is 50.6 Å². The fourth-order valence-corrected chi connectivity index (χ4v) is 7.13. The van der Waals surface area contributed by atoms with Gasteiger partial charge >= 0.3 is 12.1 Å². The molecule has 4 rings (SSSR count). The van der Waals surface area contributed by atoms with Gasteiger partial charge in [0.05, 0.1) is 17.7 Å². The summed E-state index contributed by atoms with van der Waals surface area (Å²) in [5.74, 6) is -1.27. The number of pyridine rings is 2. The zero-order valence-corrected chi connectivity index (χ0v) is 31.7. The topological polar surface area (TPSA) is 122 Å². The average Bonchev–Trinajstić information content (AvgIpc) is 3.42. The number of aromatic carboxylic acids is 1. The molecule has 0 aliphatic carbocycles. The molecule has 2 amide bonds. The SMILES string of the molecule is CN(Cc1cncc(C(=O)O)c1)C(=O)c1ccc(C[C@@H]2CC[C@H]([C@H](O[Si](C)(C)C(C)(C)C)c3ccc(Cl)nc3)N2C(=O)OC(C)(C)C)cc1. The highest BCUT2D eigenvalue weighted by Gasteiger charge is 2.47. The van der Waals surface area contributed by atoms with E-state index in [0.29, 0.717) is 29.1 Å². The molecule has 1 aliphatic rings. The third-order valence-electron chi connectivity index (χ3n) is 9.29. The van der Waals surface area contributed by atoms with Crippen molar-refractivity contribution in [3.63, 3.8) is 0 Å². The molecule has 1 aliphatic heterocycles. The number of aromatic nitrogens is 2. The van der Waals surface area contributed by atoms with Crippen LogP contribution in [0.15, 0.2) is 61.1 Å². The monoisotopic (exact) mass is 708 g/mol. The van der Waals surface area contributed by atoms with Gasteiger partial charge in [0.15, 0.2) is 8.32 Å². The van der Waals surface area contributed by atoms with Crippen LogP contribution in [0, 0.1) is 0 Å². The van der Waals surface area contributed by atoms with E-state index >= 15 is 0 Å². The number of benzene rings is 1. The molecule has 3 heterocycles. The quantitative estimate of drug-likeness (QED) is 0.165. The summed E-state index contributed by atoms with van der Waals surface area (Å²) in [6.45, 7) is 16.8. The van der Waals surface area contributed by atoms with Crippen LogP contribution in [0.3, 0.4) is 0 Å². The van der Waals surface area contributed by atoms with E-state index in [0.717, 1.165) is 17.5 Å². The van der Waals surface area contributed by atoms with Gasteiger partial charge in [-0.05, 0) is 93.6 Å². The minimum absolute atomic E-state index is 0.0630. The molecule has 1 aromatic carbocycles. The van der Waals surface area contributed by atoms with Gasteiger partial charge in [-0.3, -0.25) is 14.7 Å². The number of carboxylic acids is 1. The van der Waals surface area contributed by atoms with Gasteiger partial charge in [-0.15, -0.1) is 0 Å². The van der Waals surface area contributed by atoms with Crippen molar-refractivity contribution in [2.75, 3.05) is 7.05 Å². The molecule has 0 saturated carbocycles. The minimum Gasteiger partial charge on any atom is -0.478 e. The van der Waals surface area contributed by atoms with Crippen molar-refractivity contribution >= 4 is 37.9 Å². The maximum atomic E-state index is 14.0. The van der Waals surface area contributed by atoms with E-state index in [-0.39, 0.29) is 41.2 Å². The van der Waals surface area contributed by atoms with Crippen LogP contribution < -0.4 is 0 Å². The molecule has 12 heteroatoms. The summed E-state index contributed by atoms with van der Waals surface area (Å²) >= 11 is 6.17. The number of likely N-dealkylation sites (tertiary alicyclic amines) is 1. The summed E-state index contributed by atoms with van der Waals surface area (Å²) in [5, 5.41) is 9.60. The number of nitrogens with zero attached hydrogens (tertiary/aromatic N) is 4. The third-order valence-corrected chi connectivity index (χ3v) is 14.0. The fourth-order valence-electron chi connectivity index (χ4n) is 5.74. The average molecular weight is 709 g/mol. The highest BCUT2D eigenvalue weighted by Crippen LogP contribution is 2.44. The Morgan fingerprint density at radius 1 is 0.980 bits per heavy atom. The van der Waals surface area contributed by atoms with Gasteiger partial charge in [-0.2, -0.15) is 0 Å². The highest BCUT2D eigenvalue weighted by atomic mass is 35.5. The van der Waals surface area contributed by atoms with Crippen molar-refractivity contribution in [3.8, 4) is 0 Å². The molecule has 3 aromatic rings. The van der Waals surface area contributed by atoms with Crippen molar-refractivity contribution < 1.29 is 28.7 Å². The Kier molecular flexibility index (Phi) is 11.6. The van der Waals surface area contributed by atoms with E-state index in [2.05, 4.69) is 43.8 Å². The molecule has 0 unspecified atom stereocenters. The number of halogens is 1. The van der Waals surface area contributed by atoms with E-state index in [1.54, 1.807) is 37.6 Å². The van der Waals surface area contributed by atoms with Crippen LogP contribution in [-0.4, -0.2) is 75.9 Å². The number of ether oxygens (including phenoxy) is 1. The zero-order chi connectivity index (χ0) is 36.3. The predicted molar refractivity (Wildman–Crippen MR) is 192 cm³/mol. The van der Waals surface area contributed by atoms with Gasteiger partial charge in [0.2, 0.25) is 0 Å². The van der Waals surface area contributed by atoms with Crippen LogP contribution in [0.25, 0.3) is 0 Å². The lowest BCUT2D eigenvalue weighted by molar-refractivity contribution is -0.00245. The molecule has 264 valence electrons. The number of rotatable bonds is 10. The summed E-state index contributed by atoms with van der Waals surface area (Å²) in [6.07, 6.45) is 5.78. The number of amides is 2. The second-order valence-electron chi connectivity index (χ2n) is 15.3. The van der Waals surface area contributed by atoms with Crippen LogP contribution in [0.1, 0.15) is 97.9 Å². The Labute approximate surface area is 295 Å². The zero-order valence-electron chi connectivity index (χ0n) is 30.0. The second-order valence-corrected chi connectivity index (χ2v) is 20.5. The van der Waals surface area contributed by atoms with Gasteiger partial charge in [0.1, 0.15) is 10.8 Å². The molecule has 1 saturated heterocycles. The Hall–Kier alpha value is -3.80. The summed E-state index contributed by atoms with van der Waals surface area (Å²) in [6, 6.07) is 12.2. The number of hydrogen-bond acceptors (Lipinski definition) is 7. The number of carbonyl (C=O) groups is 3. The first-order valence-corrected chi connectivity index (χ1v) is 19.9. The Morgan fingerprint density at radius 2 is 1.65 bits per heavy atom. The molecule has 1 N–H and O–H groups in total. The van der Waals surface area contributed by atoms with Crippen LogP contribution >= 0.6 is 11.6 Å². The predicted octanol–water partition coefficient (Wildman–Crippen LogP) is 8.17. The van der Waals surface area contributed by atoms with E-state index in [1.165, 1.54) is 17.2 Å². The largest absolute Gasteiger partial charge is 0.478 e. The summed E-state index contributed by atoms with van der Waals surface area (Å²) in [4.78, 5) is 50.3. The van der Waals surface area contributed by atoms with Gasteiger partial charge in [-0.25, -0.2) is 14.6 Å². The highest BCUT2D eigenvalue weighted by molar-refractivity contribution is 6.74. The van der Waals surface area contributed by atoms with Crippen molar-refractivity contribution in [1.29, 1.82) is 0 Å². The lowest BCUT2D eigenvalue weighted by Crippen LogP contribution is -2.50. The summed E-state index contributed by atoms with van der Waals surface area (Å²) in [5.41, 5.74) is 2.35. The van der Waals surface area contributed by atoms with Crippen LogP contribution in [-0.2, 0) is 22.1 Å². The van der Waals surface area contributed by atoms with Crippen LogP contribution in [0.2, 0.25) is 23.3 Å². The summed E-state index contributed by atoms with van der Waals surface area (Å²) in [7, 11) is -0.637. The summed E-state index contributed by atoms with van der Waals surface area (Å²) < 4.78 is 13.1. The number of carbonyl (C=O) groups excluding carboxylic acids is 2. The van der Waals surface area contributed by atoms with E-state index in [1.807, 2.05) is 43.9 Å².